The minimum atomic E-state index is -0.379. The second-order valence-corrected chi connectivity index (χ2v) is 4.45. The van der Waals surface area contributed by atoms with Crippen LogP contribution in [-0.4, -0.2) is 18.0 Å². The Morgan fingerprint density at radius 3 is 2.56 bits per heavy atom. The lowest BCUT2D eigenvalue weighted by Crippen LogP contribution is -2.44. The van der Waals surface area contributed by atoms with Crippen molar-refractivity contribution < 1.29 is 4.79 Å². The van der Waals surface area contributed by atoms with Crippen LogP contribution < -0.4 is 11.1 Å². The molecule has 0 aliphatic carbocycles. The van der Waals surface area contributed by atoms with Crippen LogP contribution in [0.15, 0.2) is 36.4 Å². The molecule has 0 atom stereocenters. The van der Waals surface area contributed by atoms with Gasteiger partial charge in [0, 0.05) is 18.2 Å². The Morgan fingerprint density at radius 2 is 2.00 bits per heavy atom. The van der Waals surface area contributed by atoms with Gasteiger partial charge >= 0.3 is 0 Å². The average Bonchev–Trinajstić information content (AvgIpc) is 2.24. The van der Waals surface area contributed by atoms with Gasteiger partial charge < -0.3 is 11.1 Å². The van der Waals surface area contributed by atoms with Gasteiger partial charge in [0.25, 0.3) is 0 Å². The fourth-order valence-electron chi connectivity index (χ4n) is 1.11. The quantitative estimate of drug-likeness (QED) is 0.753. The van der Waals surface area contributed by atoms with E-state index in [1.807, 2.05) is 44.2 Å². The van der Waals surface area contributed by atoms with Crippen LogP contribution in [0.2, 0.25) is 0 Å². The molecule has 1 amide bonds. The standard InChI is InChI=1S/C13H18N2O/c1-13(2,14)10-15-12(16)9-8-11-6-4-3-5-7-11/h3-9H,10,14H2,1-2H3,(H,15,16)/b9-8+. The second kappa shape index (κ2) is 5.47. The third-order valence-corrected chi connectivity index (χ3v) is 1.94. The van der Waals surface area contributed by atoms with Crippen molar-refractivity contribution in [1.29, 1.82) is 0 Å². The Morgan fingerprint density at radius 1 is 1.38 bits per heavy atom. The van der Waals surface area contributed by atoms with Gasteiger partial charge in [-0.25, -0.2) is 0 Å². The van der Waals surface area contributed by atoms with Gasteiger partial charge in [-0.05, 0) is 25.5 Å². The van der Waals surface area contributed by atoms with Crippen molar-refractivity contribution in [2.24, 2.45) is 5.73 Å². The lowest BCUT2D eigenvalue weighted by Gasteiger charge is -2.17. The van der Waals surface area contributed by atoms with Gasteiger partial charge in [0.15, 0.2) is 0 Å². The maximum atomic E-state index is 11.4. The number of nitrogens with one attached hydrogen (secondary N) is 1. The van der Waals surface area contributed by atoms with Crippen molar-refractivity contribution in [1.82, 2.24) is 5.32 Å². The molecule has 3 heteroatoms. The van der Waals surface area contributed by atoms with Gasteiger partial charge in [-0.2, -0.15) is 0 Å². The predicted molar refractivity (Wildman–Crippen MR) is 66.8 cm³/mol. The fourth-order valence-corrected chi connectivity index (χ4v) is 1.11. The van der Waals surface area contributed by atoms with E-state index in [-0.39, 0.29) is 11.4 Å². The molecule has 16 heavy (non-hydrogen) atoms. The molecule has 0 bridgehead atoms. The molecule has 1 aromatic carbocycles. The van der Waals surface area contributed by atoms with E-state index in [9.17, 15) is 4.79 Å². The molecule has 0 heterocycles. The van der Waals surface area contributed by atoms with Crippen LogP contribution in [0, 0.1) is 0 Å². The lowest BCUT2D eigenvalue weighted by molar-refractivity contribution is -0.116. The average molecular weight is 218 g/mol. The first-order chi connectivity index (χ1) is 7.47. The van der Waals surface area contributed by atoms with Crippen LogP contribution in [0.25, 0.3) is 6.08 Å². The Balaban J connectivity index is 2.43. The van der Waals surface area contributed by atoms with E-state index in [2.05, 4.69) is 5.32 Å². The topological polar surface area (TPSA) is 55.1 Å². The van der Waals surface area contributed by atoms with Gasteiger partial charge in [0.2, 0.25) is 5.91 Å². The van der Waals surface area contributed by atoms with Crippen LogP contribution in [0.3, 0.4) is 0 Å². The number of carbonyl (C=O) groups excluding carboxylic acids is 1. The van der Waals surface area contributed by atoms with Crippen molar-refractivity contribution in [3.05, 3.63) is 42.0 Å². The molecular formula is C13H18N2O. The van der Waals surface area contributed by atoms with Crippen molar-refractivity contribution in [3.63, 3.8) is 0 Å². The molecule has 1 aromatic rings. The maximum absolute atomic E-state index is 11.4. The van der Waals surface area contributed by atoms with Gasteiger partial charge in [-0.15, -0.1) is 0 Å². The molecule has 3 N–H and O–H groups in total. The number of hydrogen-bond acceptors (Lipinski definition) is 2. The number of hydrogen-bond donors (Lipinski definition) is 2. The van der Waals surface area contributed by atoms with Crippen molar-refractivity contribution in [2.45, 2.75) is 19.4 Å². The van der Waals surface area contributed by atoms with Crippen molar-refractivity contribution >= 4 is 12.0 Å². The molecule has 0 aliphatic rings. The first kappa shape index (κ1) is 12.5. The zero-order valence-corrected chi connectivity index (χ0v) is 9.73. The summed E-state index contributed by atoms with van der Waals surface area (Å²) in [7, 11) is 0. The molecule has 0 aromatic heterocycles. The minimum absolute atomic E-state index is 0.123. The molecule has 0 fully saturated rings. The summed E-state index contributed by atoms with van der Waals surface area (Å²) in [6, 6.07) is 9.68. The Hall–Kier alpha value is -1.61. The molecule has 0 saturated heterocycles. The highest BCUT2D eigenvalue weighted by Crippen LogP contribution is 2.00. The molecule has 0 aliphatic heterocycles. The first-order valence-corrected chi connectivity index (χ1v) is 5.27. The van der Waals surface area contributed by atoms with E-state index in [4.69, 9.17) is 5.73 Å². The Labute approximate surface area is 96.3 Å². The summed E-state index contributed by atoms with van der Waals surface area (Å²) >= 11 is 0. The molecular weight excluding hydrogens is 200 g/mol. The largest absolute Gasteiger partial charge is 0.351 e. The van der Waals surface area contributed by atoms with Crippen molar-refractivity contribution in [2.75, 3.05) is 6.54 Å². The normalized spacial score (nSPS) is 11.7. The lowest BCUT2D eigenvalue weighted by atomic mass is 10.1. The molecule has 3 nitrogen and oxygen atoms in total. The van der Waals surface area contributed by atoms with Crippen LogP contribution in [-0.2, 0) is 4.79 Å². The third-order valence-electron chi connectivity index (χ3n) is 1.94. The minimum Gasteiger partial charge on any atom is -0.351 e. The van der Waals surface area contributed by atoms with Gasteiger partial charge in [-0.3, -0.25) is 4.79 Å². The highest BCUT2D eigenvalue weighted by atomic mass is 16.1. The molecule has 86 valence electrons. The monoisotopic (exact) mass is 218 g/mol. The van der Waals surface area contributed by atoms with E-state index < -0.39 is 0 Å². The summed E-state index contributed by atoms with van der Waals surface area (Å²) in [6.45, 7) is 4.20. The summed E-state index contributed by atoms with van der Waals surface area (Å²) in [4.78, 5) is 11.4. The van der Waals surface area contributed by atoms with Gasteiger partial charge in [0.1, 0.15) is 0 Å². The Bertz CT molecular complexity index is 363. The number of rotatable bonds is 4. The summed E-state index contributed by atoms with van der Waals surface area (Å²) in [6.07, 6.45) is 3.29. The van der Waals surface area contributed by atoms with E-state index >= 15 is 0 Å². The molecule has 0 unspecified atom stereocenters. The van der Waals surface area contributed by atoms with Gasteiger partial charge in [0.05, 0.1) is 0 Å². The molecule has 0 radical (unpaired) electrons. The molecule has 0 spiro atoms. The SMILES string of the molecule is CC(C)(N)CNC(=O)/C=C/c1ccccc1. The zero-order valence-electron chi connectivity index (χ0n) is 9.73. The van der Waals surface area contributed by atoms with Crippen LogP contribution >= 0.6 is 0 Å². The van der Waals surface area contributed by atoms with Gasteiger partial charge in [-0.1, -0.05) is 30.3 Å². The summed E-state index contributed by atoms with van der Waals surface area (Å²) in [5, 5.41) is 2.74. The first-order valence-electron chi connectivity index (χ1n) is 5.27. The van der Waals surface area contributed by atoms with Crippen molar-refractivity contribution in [3.8, 4) is 0 Å². The van der Waals surface area contributed by atoms with E-state index in [0.29, 0.717) is 6.54 Å². The van der Waals surface area contributed by atoms with E-state index in [0.717, 1.165) is 5.56 Å². The molecule has 0 saturated carbocycles. The van der Waals surface area contributed by atoms with Crippen LogP contribution in [0.5, 0.6) is 0 Å². The summed E-state index contributed by atoms with van der Waals surface area (Å²) in [5.41, 5.74) is 6.38. The Kier molecular flexibility index (Phi) is 4.26. The zero-order chi connectivity index (χ0) is 12.0. The van der Waals surface area contributed by atoms with E-state index in [1.54, 1.807) is 6.08 Å². The number of benzene rings is 1. The second-order valence-electron chi connectivity index (χ2n) is 4.45. The summed E-state index contributed by atoms with van der Waals surface area (Å²) < 4.78 is 0. The van der Waals surface area contributed by atoms with Crippen LogP contribution in [0.1, 0.15) is 19.4 Å². The number of carbonyl (C=O) groups is 1. The fraction of sp³-hybridized carbons (Fsp3) is 0.308. The number of nitrogens with two attached hydrogens (primary N) is 1. The number of amides is 1. The predicted octanol–water partition coefficient (Wildman–Crippen LogP) is 1.55. The summed E-state index contributed by atoms with van der Waals surface area (Å²) in [5.74, 6) is -0.123. The maximum Gasteiger partial charge on any atom is 0.244 e. The molecule has 1 rings (SSSR count). The van der Waals surface area contributed by atoms with Crippen LogP contribution in [0.4, 0.5) is 0 Å². The smallest absolute Gasteiger partial charge is 0.244 e. The third kappa shape index (κ3) is 5.32. The highest BCUT2D eigenvalue weighted by Gasteiger charge is 2.10. The van der Waals surface area contributed by atoms with E-state index in [1.165, 1.54) is 6.08 Å². The highest BCUT2D eigenvalue weighted by molar-refractivity contribution is 5.91.